The number of hydrazine groups is 1. The minimum Gasteiger partial charge on any atom is -0.289 e. The summed E-state index contributed by atoms with van der Waals surface area (Å²) in [6.45, 7) is 0.236. The van der Waals surface area contributed by atoms with E-state index in [2.05, 4.69) is 0 Å². The molecule has 2 heterocycles. The zero-order valence-corrected chi connectivity index (χ0v) is 10.5. The Hall–Kier alpha value is -1.73. The molecule has 0 radical (unpaired) electrons. The maximum atomic E-state index is 11.6. The molecule has 6 nitrogen and oxygen atoms in total. The Morgan fingerprint density at radius 3 is 2.61 bits per heavy atom. The Morgan fingerprint density at radius 1 is 1.33 bits per heavy atom. The van der Waals surface area contributed by atoms with Gasteiger partial charge in [0.25, 0.3) is 5.91 Å². The molecule has 18 heavy (non-hydrogen) atoms. The number of nitrogen functional groups attached to an aromatic ring is 1. The number of carbonyl (C=O) groups excluding carboxylic acids is 3. The van der Waals surface area contributed by atoms with E-state index in [1.807, 2.05) is 5.43 Å². The Morgan fingerprint density at radius 2 is 2.00 bits per heavy atom. The molecule has 0 unspecified atom stereocenters. The Labute approximate surface area is 108 Å². The van der Waals surface area contributed by atoms with Crippen LogP contribution in [-0.2, 0) is 16.1 Å². The van der Waals surface area contributed by atoms with E-state index in [1.54, 1.807) is 12.1 Å². The summed E-state index contributed by atoms with van der Waals surface area (Å²) < 4.78 is 0. The molecule has 7 heteroatoms. The SMILES string of the molecule is NNC(=O)c1ccc(CN2C(=O)CCCC2=O)s1. The molecule has 0 bridgehead atoms. The number of thiophene rings is 1. The molecule has 1 aliphatic heterocycles. The second-order valence-electron chi connectivity index (χ2n) is 3.97. The zero-order valence-electron chi connectivity index (χ0n) is 9.64. The molecule has 0 spiro atoms. The zero-order chi connectivity index (χ0) is 13.1. The van der Waals surface area contributed by atoms with Gasteiger partial charge < -0.3 is 0 Å². The lowest BCUT2D eigenvalue weighted by Gasteiger charge is -2.24. The van der Waals surface area contributed by atoms with Crippen LogP contribution in [0.2, 0.25) is 0 Å². The fraction of sp³-hybridized carbons (Fsp3) is 0.364. The van der Waals surface area contributed by atoms with Crippen LogP contribution in [-0.4, -0.2) is 22.6 Å². The number of nitrogens with zero attached hydrogens (tertiary/aromatic N) is 1. The Bertz CT molecular complexity index is 481. The number of likely N-dealkylation sites (tertiary alicyclic amines) is 1. The van der Waals surface area contributed by atoms with E-state index in [0.717, 1.165) is 4.88 Å². The number of hydrogen-bond donors (Lipinski definition) is 2. The lowest BCUT2D eigenvalue weighted by atomic mass is 10.1. The summed E-state index contributed by atoms with van der Waals surface area (Å²) in [5, 5.41) is 0. The second-order valence-corrected chi connectivity index (χ2v) is 5.13. The van der Waals surface area contributed by atoms with Crippen molar-refractivity contribution in [2.24, 2.45) is 5.84 Å². The van der Waals surface area contributed by atoms with Crippen LogP contribution < -0.4 is 11.3 Å². The molecule has 1 aromatic rings. The Balaban J connectivity index is 2.09. The number of imide groups is 1. The van der Waals surface area contributed by atoms with Gasteiger partial charge in [-0.15, -0.1) is 11.3 Å². The normalized spacial score (nSPS) is 15.9. The molecule has 1 fully saturated rings. The minimum atomic E-state index is -0.373. The number of carbonyl (C=O) groups is 3. The highest BCUT2D eigenvalue weighted by atomic mass is 32.1. The average Bonchev–Trinajstić information content (AvgIpc) is 2.81. The summed E-state index contributed by atoms with van der Waals surface area (Å²) in [6.07, 6.45) is 1.44. The summed E-state index contributed by atoms with van der Waals surface area (Å²) in [5.74, 6) is 4.36. The van der Waals surface area contributed by atoms with Crippen molar-refractivity contribution in [3.8, 4) is 0 Å². The predicted molar refractivity (Wildman–Crippen MR) is 65.4 cm³/mol. The van der Waals surface area contributed by atoms with Gasteiger partial charge in [0, 0.05) is 17.7 Å². The van der Waals surface area contributed by atoms with Crippen LogP contribution in [0.25, 0.3) is 0 Å². The first-order chi connectivity index (χ1) is 8.61. The molecular weight excluding hydrogens is 254 g/mol. The fourth-order valence-corrected chi connectivity index (χ4v) is 2.69. The van der Waals surface area contributed by atoms with Gasteiger partial charge in [-0.3, -0.25) is 24.7 Å². The molecule has 0 aromatic carbocycles. The molecular formula is C11H13N3O3S. The summed E-state index contributed by atoms with van der Waals surface area (Å²) in [6, 6.07) is 3.35. The Kier molecular flexibility index (Phi) is 3.73. The number of amides is 3. The van der Waals surface area contributed by atoms with Gasteiger partial charge in [-0.25, -0.2) is 5.84 Å². The number of nitrogens with one attached hydrogen (secondary N) is 1. The van der Waals surface area contributed by atoms with E-state index in [1.165, 1.54) is 16.2 Å². The van der Waals surface area contributed by atoms with E-state index in [-0.39, 0.29) is 24.3 Å². The molecule has 2 rings (SSSR count). The third-order valence-electron chi connectivity index (χ3n) is 2.71. The topological polar surface area (TPSA) is 92.5 Å². The lowest BCUT2D eigenvalue weighted by molar-refractivity contribution is -0.148. The smallest absolute Gasteiger partial charge is 0.275 e. The van der Waals surface area contributed by atoms with Crippen molar-refractivity contribution in [1.82, 2.24) is 10.3 Å². The van der Waals surface area contributed by atoms with Gasteiger partial charge >= 0.3 is 0 Å². The molecule has 0 aliphatic carbocycles. The van der Waals surface area contributed by atoms with Gasteiger partial charge in [-0.2, -0.15) is 0 Å². The molecule has 1 aromatic heterocycles. The van der Waals surface area contributed by atoms with E-state index >= 15 is 0 Å². The van der Waals surface area contributed by atoms with Crippen molar-refractivity contribution in [3.05, 3.63) is 21.9 Å². The van der Waals surface area contributed by atoms with Crippen LogP contribution in [0.15, 0.2) is 12.1 Å². The minimum absolute atomic E-state index is 0.149. The average molecular weight is 267 g/mol. The van der Waals surface area contributed by atoms with Gasteiger partial charge in [-0.1, -0.05) is 0 Å². The molecule has 3 amide bonds. The van der Waals surface area contributed by atoms with Crippen LogP contribution in [0, 0.1) is 0 Å². The van der Waals surface area contributed by atoms with Crippen molar-refractivity contribution in [2.45, 2.75) is 25.8 Å². The third-order valence-corrected chi connectivity index (χ3v) is 3.78. The van der Waals surface area contributed by atoms with Gasteiger partial charge in [0.1, 0.15) is 0 Å². The number of rotatable bonds is 3. The largest absolute Gasteiger partial charge is 0.289 e. The van der Waals surface area contributed by atoms with Gasteiger partial charge in [0.05, 0.1) is 11.4 Å². The van der Waals surface area contributed by atoms with Crippen LogP contribution in [0.5, 0.6) is 0 Å². The maximum Gasteiger partial charge on any atom is 0.275 e. The van der Waals surface area contributed by atoms with Crippen LogP contribution >= 0.6 is 11.3 Å². The van der Waals surface area contributed by atoms with Crippen LogP contribution in [0.4, 0.5) is 0 Å². The van der Waals surface area contributed by atoms with Crippen molar-refractivity contribution in [2.75, 3.05) is 0 Å². The lowest BCUT2D eigenvalue weighted by Crippen LogP contribution is -2.39. The summed E-state index contributed by atoms with van der Waals surface area (Å²) in [5.41, 5.74) is 2.04. The van der Waals surface area contributed by atoms with Crippen molar-refractivity contribution < 1.29 is 14.4 Å². The molecule has 96 valence electrons. The van der Waals surface area contributed by atoms with Gasteiger partial charge in [-0.05, 0) is 18.6 Å². The standard InChI is InChI=1S/C11H13N3O3S/c12-13-11(17)8-5-4-7(18-8)6-14-9(15)2-1-3-10(14)16/h4-5H,1-3,6,12H2,(H,13,17). The first-order valence-corrected chi connectivity index (χ1v) is 6.36. The second kappa shape index (κ2) is 5.28. The molecule has 3 N–H and O–H groups in total. The van der Waals surface area contributed by atoms with Crippen molar-refractivity contribution >= 4 is 29.1 Å². The van der Waals surface area contributed by atoms with Crippen LogP contribution in [0.1, 0.15) is 33.8 Å². The molecule has 0 saturated carbocycles. The van der Waals surface area contributed by atoms with Crippen molar-refractivity contribution in [1.29, 1.82) is 0 Å². The highest BCUT2D eigenvalue weighted by molar-refractivity contribution is 7.14. The van der Waals surface area contributed by atoms with E-state index in [9.17, 15) is 14.4 Å². The first kappa shape index (κ1) is 12.7. The molecule has 1 aliphatic rings. The molecule has 0 atom stereocenters. The van der Waals surface area contributed by atoms with E-state index < -0.39 is 0 Å². The number of nitrogens with two attached hydrogens (primary N) is 1. The monoisotopic (exact) mass is 267 g/mol. The fourth-order valence-electron chi connectivity index (χ4n) is 1.79. The maximum absolute atomic E-state index is 11.6. The summed E-state index contributed by atoms with van der Waals surface area (Å²) >= 11 is 1.23. The van der Waals surface area contributed by atoms with E-state index in [0.29, 0.717) is 24.1 Å². The third kappa shape index (κ3) is 2.57. The van der Waals surface area contributed by atoms with E-state index in [4.69, 9.17) is 5.84 Å². The molecule has 1 saturated heterocycles. The number of piperidine rings is 1. The number of hydrogen-bond acceptors (Lipinski definition) is 5. The first-order valence-electron chi connectivity index (χ1n) is 5.54. The van der Waals surface area contributed by atoms with Crippen molar-refractivity contribution in [3.63, 3.8) is 0 Å². The van der Waals surface area contributed by atoms with Crippen LogP contribution in [0.3, 0.4) is 0 Å². The summed E-state index contributed by atoms with van der Waals surface area (Å²) in [4.78, 5) is 37.0. The van der Waals surface area contributed by atoms with Gasteiger partial charge in [0.2, 0.25) is 11.8 Å². The predicted octanol–water partition coefficient (Wildman–Crippen LogP) is 0.391. The summed E-state index contributed by atoms with van der Waals surface area (Å²) in [7, 11) is 0. The highest BCUT2D eigenvalue weighted by Crippen LogP contribution is 2.21. The van der Waals surface area contributed by atoms with Gasteiger partial charge in [0.15, 0.2) is 0 Å². The quantitative estimate of drug-likeness (QED) is 0.358. The highest BCUT2D eigenvalue weighted by Gasteiger charge is 2.26.